The lowest BCUT2D eigenvalue weighted by Gasteiger charge is -2.31. The highest BCUT2D eigenvalue weighted by molar-refractivity contribution is 5.32. The SMILES string of the molecule is Cc1cc(C)nc(N(C)C2CCCNC2)n1. The average molecular weight is 220 g/mol. The van der Waals surface area contributed by atoms with Gasteiger partial charge >= 0.3 is 0 Å². The predicted molar refractivity (Wildman–Crippen MR) is 65.8 cm³/mol. The first-order chi connectivity index (χ1) is 7.66. The Morgan fingerprint density at radius 3 is 2.56 bits per heavy atom. The topological polar surface area (TPSA) is 41.1 Å². The molecule has 0 aliphatic carbocycles. The van der Waals surface area contributed by atoms with E-state index in [0.29, 0.717) is 6.04 Å². The third-order valence-electron chi connectivity index (χ3n) is 3.10. The summed E-state index contributed by atoms with van der Waals surface area (Å²) in [5.74, 6) is 0.853. The first kappa shape index (κ1) is 11.3. The van der Waals surface area contributed by atoms with E-state index in [9.17, 15) is 0 Å². The Balaban J connectivity index is 2.15. The molecule has 0 amide bonds. The van der Waals surface area contributed by atoms with Crippen LogP contribution in [-0.4, -0.2) is 36.1 Å². The molecule has 1 aliphatic heterocycles. The Labute approximate surface area is 97.1 Å². The van der Waals surface area contributed by atoms with Crippen LogP contribution >= 0.6 is 0 Å². The molecule has 2 heterocycles. The van der Waals surface area contributed by atoms with Crippen molar-refractivity contribution in [1.29, 1.82) is 0 Å². The monoisotopic (exact) mass is 220 g/mol. The Hall–Kier alpha value is -1.16. The molecule has 0 radical (unpaired) electrons. The molecule has 1 fully saturated rings. The van der Waals surface area contributed by atoms with Crippen LogP contribution in [0.2, 0.25) is 0 Å². The van der Waals surface area contributed by atoms with Gasteiger partial charge in [0.15, 0.2) is 0 Å². The molecule has 88 valence electrons. The number of hydrogen-bond acceptors (Lipinski definition) is 4. The summed E-state index contributed by atoms with van der Waals surface area (Å²) in [7, 11) is 2.09. The van der Waals surface area contributed by atoms with Crippen molar-refractivity contribution in [2.75, 3.05) is 25.0 Å². The molecule has 1 aromatic rings. The Bertz CT molecular complexity index is 338. The Morgan fingerprint density at radius 2 is 2.00 bits per heavy atom. The van der Waals surface area contributed by atoms with Crippen LogP contribution in [-0.2, 0) is 0 Å². The van der Waals surface area contributed by atoms with E-state index in [1.54, 1.807) is 0 Å². The van der Waals surface area contributed by atoms with E-state index in [-0.39, 0.29) is 0 Å². The van der Waals surface area contributed by atoms with E-state index < -0.39 is 0 Å². The highest BCUT2D eigenvalue weighted by Crippen LogP contribution is 2.15. The number of aryl methyl sites for hydroxylation is 2. The van der Waals surface area contributed by atoms with Crippen molar-refractivity contribution in [3.05, 3.63) is 17.5 Å². The smallest absolute Gasteiger partial charge is 0.225 e. The van der Waals surface area contributed by atoms with Gasteiger partial charge in [0, 0.05) is 31.0 Å². The van der Waals surface area contributed by atoms with Gasteiger partial charge in [-0.15, -0.1) is 0 Å². The van der Waals surface area contributed by atoms with Crippen LogP contribution in [0, 0.1) is 13.8 Å². The molecule has 4 nitrogen and oxygen atoms in total. The van der Waals surface area contributed by atoms with E-state index in [1.807, 2.05) is 19.9 Å². The molecule has 16 heavy (non-hydrogen) atoms. The minimum Gasteiger partial charge on any atom is -0.340 e. The fourth-order valence-electron chi connectivity index (χ4n) is 2.19. The normalized spacial score (nSPS) is 20.8. The number of piperidine rings is 1. The van der Waals surface area contributed by atoms with Gasteiger partial charge in [-0.25, -0.2) is 9.97 Å². The van der Waals surface area contributed by atoms with Gasteiger partial charge < -0.3 is 10.2 Å². The van der Waals surface area contributed by atoms with Crippen LogP contribution in [0.3, 0.4) is 0 Å². The average Bonchev–Trinajstić information content (AvgIpc) is 2.28. The second kappa shape index (κ2) is 4.78. The summed E-state index contributed by atoms with van der Waals surface area (Å²) >= 11 is 0. The number of rotatable bonds is 2. The molecule has 1 saturated heterocycles. The van der Waals surface area contributed by atoms with Crippen molar-refractivity contribution in [1.82, 2.24) is 15.3 Å². The Morgan fingerprint density at radius 1 is 1.31 bits per heavy atom. The van der Waals surface area contributed by atoms with Crippen LogP contribution in [0.5, 0.6) is 0 Å². The summed E-state index contributed by atoms with van der Waals surface area (Å²) in [6.07, 6.45) is 2.46. The first-order valence-electron chi connectivity index (χ1n) is 5.92. The molecule has 0 saturated carbocycles. The third kappa shape index (κ3) is 2.50. The van der Waals surface area contributed by atoms with E-state index >= 15 is 0 Å². The highest BCUT2D eigenvalue weighted by atomic mass is 15.3. The maximum absolute atomic E-state index is 4.50. The molecule has 4 heteroatoms. The fourth-order valence-corrected chi connectivity index (χ4v) is 2.19. The number of anilines is 1. The quantitative estimate of drug-likeness (QED) is 0.815. The molecular weight excluding hydrogens is 200 g/mol. The maximum atomic E-state index is 4.50. The molecule has 1 atom stereocenters. The van der Waals surface area contributed by atoms with Gasteiger partial charge in [-0.05, 0) is 39.3 Å². The zero-order chi connectivity index (χ0) is 11.5. The van der Waals surface area contributed by atoms with Gasteiger partial charge in [-0.2, -0.15) is 0 Å². The number of hydrogen-bond donors (Lipinski definition) is 1. The van der Waals surface area contributed by atoms with E-state index in [4.69, 9.17) is 0 Å². The summed E-state index contributed by atoms with van der Waals surface area (Å²) in [5, 5.41) is 3.42. The van der Waals surface area contributed by atoms with E-state index in [2.05, 4.69) is 27.2 Å². The molecule has 1 unspecified atom stereocenters. The molecule has 2 rings (SSSR count). The largest absolute Gasteiger partial charge is 0.340 e. The first-order valence-corrected chi connectivity index (χ1v) is 5.92. The molecular formula is C12H20N4. The van der Waals surface area contributed by atoms with Crippen LogP contribution in [0.4, 0.5) is 5.95 Å². The van der Waals surface area contributed by atoms with Crippen molar-refractivity contribution < 1.29 is 0 Å². The molecule has 0 aromatic carbocycles. The van der Waals surface area contributed by atoms with Crippen molar-refractivity contribution in [2.45, 2.75) is 32.7 Å². The zero-order valence-corrected chi connectivity index (χ0v) is 10.3. The number of nitrogens with zero attached hydrogens (tertiary/aromatic N) is 3. The summed E-state index contributed by atoms with van der Waals surface area (Å²) in [6, 6.07) is 2.53. The second-order valence-corrected chi connectivity index (χ2v) is 4.56. The number of likely N-dealkylation sites (N-methyl/N-ethyl adjacent to an activating group) is 1. The third-order valence-corrected chi connectivity index (χ3v) is 3.10. The van der Waals surface area contributed by atoms with Gasteiger partial charge in [0.25, 0.3) is 0 Å². The second-order valence-electron chi connectivity index (χ2n) is 4.56. The van der Waals surface area contributed by atoms with E-state index in [0.717, 1.165) is 30.4 Å². The summed E-state index contributed by atoms with van der Waals surface area (Å²) in [6.45, 7) is 6.21. The van der Waals surface area contributed by atoms with Gasteiger partial charge in [0.05, 0.1) is 0 Å². The number of nitrogens with one attached hydrogen (secondary N) is 1. The summed E-state index contributed by atoms with van der Waals surface area (Å²) < 4.78 is 0. The van der Waals surface area contributed by atoms with E-state index in [1.165, 1.54) is 12.8 Å². The van der Waals surface area contributed by atoms with Crippen LogP contribution in [0.1, 0.15) is 24.2 Å². The lowest BCUT2D eigenvalue weighted by molar-refractivity contribution is 0.441. The van der Waals surface area contributed by atoms with Crippen molar-refractivity contribution in [3.8, 4) is 0 Å². The van der Waals surface area contributed by atoms with Crippen LogP contribution < -0.4 is 10.2 Å². The highest BCUT2D eigenvalue weighted by Gasteiger charge is 2.19. The zero-order valence-electron chi connectivity index (χ0n) is 10.3. The molecule has 0 spiro atoms. The molecule has 1 N–H and O–H groups in total. The Kier molecular flexibility index (Phi) is 3.39. The van der Waals surface area contributed by atoms with Gasteiger partial charge in [0.2, 0.25) is 5.95 Å². The lowest BCUT2D eigenvalue weighted by atomic mass is 10.1. The van der Waals surface area contributed by atoms with Crippen LogP contribution in [0.25, 0.3) is 0 Å². The lowest BCUT2D eigenvalue weighted by Crippen LogP contribution is -2.45. The van der Waals surface area contributed by atoms with Crippen LogP contribution in [0.15, 0.2) is 6.07 Å². The summed E-state index contributed by atoms with van der Waals surface area (Å²) in [5.41, 5.74) is 2.08. The fraction of sp³-hybridized carbons (Fsp3) is 0.667. The predicted octanol–water partition coefficient (Wildman–Crippen LogP) is 1.28. The van der Waals surface area contributed by atoms with Gasteiger partial charge in [-0.1, -0.05) is 0 Å². The van der Waals surface area contributed by atoms with Crippen molar-refractivity contribution >= 4 is 5.95 Å². The van der Waals surface area contributed by atoms with Crippen molar-refractivity contribution in [3.63, 3.8) is 0 Å². The summed E-state index contributed by atoms with van der Waals surface area (Å²) in [4.78, 5) is 11.2. The van der Waals surface area contributed by atoms with Gasteiger partial charge in [0.1, 0.15) is 0 Å². The standard InChI is InChI=1S/C12H20N4/c1-9-7-10(2)15-12(14-9)16(3)11-5-4-6-13-8-11/h7,11,13H,4-6,8H2,1-3H3. The molecule has 1 aromatic heterocycles. The minimum absolute atomic E-state index is 0.523. The maximum Gasteiger partial charge on any atom is 0.225 e. The minimum atomic E-state index is 0.523. The molecule has 0 bridgehead atoms. The molecule has 1 aliphatic rings. The number of aromatic nitrogens is 2. The van der Waals surface area contributed by atoms with Crippen molar-refractivity contribution in [2.24, 2.45) is 0 Å². The van der Waals surface area contributed by atoms with Gasteiger partial charge in [-0.3, -0.25) is 0 Å².